The molecule has 106 valence electrons. The molecule has 2 rings (SSSR count). The first-order valence-corrected chi connectivity index (χ1v) is 8.33. The number of aromatic nitrogens is 1. The van der Waals surface area contributed by atoms with E-state index in [2.05, 4.69) is 42.0 Å². The molecule has 3 N–H and O–H groups in total. The number of hydrogen-bond donors (Lipinski definition) is 2. The van der Waals surface area contributed by atoms with E-state index in [-0.39, 0.29) is 0 Å². The maximum absolute atomic E-state index is 6.08. The summed E-state index contributed by atoms with van der Waals surface area (Å²) in [5, 5.41) is 4.41. The van der Waals surface area contributed by atoms with Crippen molar-refractivity contribution in [1.29, 1.82) is 0 Å². The van der Waals surface area contributed by atoms with E-state index in [1.165, 1.54) is 36.8 Å². The van der Waals surface area contributed by atoms with Crippen LogP contribution in [0, 0.1) is 6.92 Å². The van der Waals surface area contributed by atoms with Gasteiger partial charge in [0.15, 0.2) is 0 Å². The van der Waals surface area contributed by atoms with Gasteiger partial charge in [-0.15, -0.1) is 0 Å². The molecule has 0 radical (unpaired) electrons. The van der Waals surface area contributed by atoms with Gasteiger partial charge in [-0.05, 0) is 37.9 Å². The minimum absolute atomic E-state index is 0.323. The third-order valence-electron chi connectivity index (χ3n) is 3.84. The van der Waals surface area contributed by atoms with E-state index in [4.69, 9.17) is 5.73 Å². The van der Waals surface area contributed by atoms with Crippen LogP contribution in [0.4, 0.5) is 5.82 Å². The second-order valence-electron chi connectivity index (χ2n) is 5.28. The first-order chi connectivity index (χ1) is 9.22. The van der Waals surface area contributed by atoms with E-state index < -0.39 is 0 Å². The Bertz CT molecular complexity index is 382. The number of hydrogen-bond acceptors (Lipinski definition) is 4. The standard InChI is InChI=1S/C15H25N3S/c1-3-17-13(10-19-12-6-4-5-7-12)14-11(2)8-9-18-15(14)16/h8-9,12-13,17H,3-7,10H2,1-2H3,(H2,16,18). The second kappa shape index (κ2) is 7.15. The van der Waals surface area contributed by atoms with Gasteiger partial charge in [-0.1, -0.05) is 19.8 Å². The zero-order valence-corrected chi connectivity index (χ0v) is 12.8. The number of nitrogens with zero attached hydrogens (tertiary/aromatic N) is 1. The number of rotatable bonds is 6. The van der Waals surface area contributed by atoms with Crippen LogP contribution in [0.5, 0.6) is 0 Å². The number of anilines is 1. The Balaban J connectivity index is 2.05. The molecular formula is C15H25N3S. The van der Waals surface area contributed by atoms with Crippen LogP contribution < -0.4 is 11.1 Å². The van der Waals surface area contributed by atoms with Gasteiger partial charge in [-0.3, -0.25) is 0 Å². The van der Waals surface area contributed by atoms with Crippen molar-refractivity contribution >= 4 is 17.6 Å². The topological polar surface area (TPSA) is 50.9 Å². The predicted octanol–water partition coefficient (Wildman–Crippen LogP) is 3.30. The first kappa shape index (κ1) is 14.7. The van der Waals surface area contributed by atoms with Crippen molar-refractivity contribution in [1.82, 2.24) is 10.3 Å². The molecule has 0 aliphatic heterocycles. The molecular weight excluding hydrogens is 254 g/mol. The maximum atomic E-state index is 6.08. The molecule has 3 nitrogen and oxygen atoms in total. The summed E-state index contributed by atoms with van der Waals surface area (Å²) in [5.74, 6) is 1.77. The van der Waals surface area contributed by atoms with Gasteiger partial charge in [0.25, 0.3) is 0 Å². The van der Waals surface area contributed by atoms with E-state index in [9.17, 15) is 0 Å². The SMILES string of the molecule is CCNC(CSC1CCCC1)c1c(C)ccnc1N. The summed E-state index contributed by atoms with van der Waals surface area (Å²) >= 11 is 2.10. The number of nitrogen functional groups attached to an aromatic ring is 1. The van der Waals surface area contributed by atoms with Crippen LogP contribution in [0.15, 0.2) is 12.3 Å². The van der Waals surface area contributed by atoms with Crippen molar-refractivity contribution in [2.24, 2.45) is 0 Å². The monoisotopic (exact) mass is 279 g/mol. The highest BCUT2D eigenvalue weighted by atomic mass is 32.2. The summed E-state index contributed by atoms with van der Waals surface area (Å²) in [5.41, 5.74) is 8.51. The Morgan fingerprint density at radius 2 is 2.21 bits per heavy atom. The molecule has 0 spiro atoms. The molecule has 1 atom stereocenters. The molecule has 0 saturated heterocycles. The summed E-state index contributed by atoms with van der Waals surface area (Å²) in [4.78, 5) is 4.25. The van der Waals surface area contributed by atoms with Crippen molar-refractivity contribution in [3.8, 4) is 0 Å². The number of nitrogens with two attached hydrogens (primary N) is 1. The lowest BCUT2D eigenvalue weighted by Crippen LogP contribution is -2.25. The zero-order valence-electron chi connectivity index (χ0n) is 12.0. The van der Waals surface area contributed by atoms with Gasteiger partial charge in [0, 0.05) is 28.8 Å². The van der Waals surface area contributed by atoms with Gasteiger partial charge in [0.2, 0.25) is 0 Å². The Labute approximate surface area is 120 Å². The molecule has 19 heavy (non-hydrogen) atoms. The normalized spacial score (nSPS) is 17.8. The summed E-state index contributed by atoms with van der Waals surface area (Å²) in [6.45, 7) is 5.23. The lowest BCUT2D eigenvalue weighted by Gasteiger charge is -2.22. The summed E-state index contributed by atoms with van der Waals surface area (Å²) < 4.78 is 0. The smallest absolute Gasteiger partial charge is 0.128 e. The molecule has 1 aromatic rings. The highest BCUT2D eigenvalue weighted by molar-refractivity contribution is 7.99. The summed E-state index contributed by atoms with van der Waals surface area (Å²) in [6.07, 6.45) is 7.35. The molecule has 1 unspecified atom stereocenters. The van der Waals surface area contributed by atoms with Crippen LogP contribution in [0.3, 0.4) is 0 Å². The van der Waals surface area contributed by atoms with Crippen molar-refractivity contribution in [2.45, 2.75) is 50.8 Å². The van der Waals surface area contributed by atoms with Crippen LogP contribution in [-0.4, -0.2) is 22.5 Å². The summed E-state index contributed by atoms with van der Waals surface area (Å²) in [7, 11) is 0. The first-order valence-electron chi connectivity index (χ1n) is 7.28. The van der Waals surface area contributed by atoms with Gasteiger partial charge in [-0.25, -0.2) is 4.98 Å². The molecule has 1 aromatic heterocycles. The number of pyridine rings is 1. The minimum atomic E-state index is 0.323. The Hall–Kier alpha value is -0.740. The van der Waals surface area contributed by atoms with E-state index >= 15 is 0 Å². The van der Waals surface area contributed by atoms with Gasteiger partial charge in [-0.2, -0.15) is 11.8 Å². The average Bonchev–Trinajstić information content (AvgIpc) is 2.88. The van der Waals surface area contributed by atoms with E-state index in [1.54, 1.807) is 6.20 Å². The largest absolute Gasteiger partial charge is 0.383 e. The molecule has 1 aliphatic carbocycles. The van der Waals surface area contributed by atoms with E-state index in [0.717, 1.165) is 17.5 Å². The Kier molecular flexibility index (Phi) is 5.52. The van der Waals surface area contributed by atoms with Crippen molar-refractivity contribution in [3.63, 3.8) is 0 Å². The fraction of sp³-hybridized carbons (Fsp3) is 0.667. The van der Waals surface area contributed by atoms with Gasteiger partial charge in [0.1, 0.15) is 5.82 Å². The van der Waals surface area contributed by atoms with Crippen molar-refractivity contribution < 1.29 is 0 Å². The molecule has 4 heteroatoms. The number of nitrogens with one attached hydrogen (secondary N) is 1. The minimum Gasteiger partial charge on any atom is -0.383 e. The second-order valence-corrected chi connectivity index (χ2v) is 6.61. The summed E-state index contributed by atoms with van der Waals surface area (Å²) in [6, 6.07) is 2.38. The van der Waals surface area contributed by atoms with Crippen LogP contribution >= 0.6 is 11.8 Å². The molecule has 1 fully saturated rings. The Morgan fingerprint density at radius 1 is 1.47 bits per heavy atom. The highest BCUT2D eigenvalue weighted by Gasteiger charge is 2.21. The molecule has 0 aromatic carbocycles. The third-order valence-corrected chi connectivity index (χ3v) is 5.31. The molecule has 0 amide bonds. The molecule has 1 heterocycles. The third kappa shape index (κ3) is 3.86. The fourth-order valence-corrected chi connectivity index (χ4v) is 4.24. The highest BCUT2D eigenvalue weighted by Crippen LogP contribution is 2.33. The van der Waals surface area contributed by atoms with Crippen LogP contribution in [0.25, 0.3) is 0 Å². The van der Waals surface area contributed by atoms with E-state index in [0.29, 0.717) is 11.9 Å². The van der Waals surface area contributed by atoms with Gasteiger partial charge >= 0.3 is 0 Å². The maximum Gasteiger partial charge on any atom is 0.128 e. The van der Waals surface area contributed by atoms with Crippen LogP contribution in [0.2, 0.25) is 0 Å². The lowest BCUT2D eigenvalue weighted by molar-refractivity contribution is 0.602. The molecule has 0 bridgehead atoms. The fourth-order valence-electron chi connectivity index (χ4n) is 2.82. The van der Waals surface area contributed by atoms with Crippen molar-refractivity contribution in [3.05, 3.63) is 23.4 Å². The van der Waals surface area contributed by atoms with Gasteiger partial charge in [0.05, 0.1) is 0 Å². The quantitative estimate of drug-likeness (QED) is 0.839. The molecule has 1 saturated carbocycles. The van der Waals surface area contributed by atoms with Crippen molar-refractivity contribution in [2.75, 3.05) is 18.0 Å². The van der Waals surface area contributed by atoms with Gasteiger partial charge < -0.3 is 11.1 Å². The van der Waals surface area contributed by atoms with Crippen LogP contribution in [0.1, 0.15) is 49.8 Å². The average molecular weight is 279 g/mol. The Morgan fingerprint density at radius 3 is 2.84 bits per heavy atom. The zero-order chi connectivity index (χ0) is 13.7. The van der Waals surface area contributed by atoms with E-state index in [1.807, 2.05) is 0 Å². The number of thioether (sulfide) groups is 1. The van der Waals surface area contributed by atoms with Crippen LogP contribution in [-0.2, 0) is 0 Å². The lowest BCUT2D eigenvalue weighted by atomic mass is 10.0. The predicted molar refractivity (Wildman–Crippen MR) is 84.5 cm³/mol. The number of aryl methyl sites for hydroxylation is 1. The molecule has 1 aliphatic rings.